The van der Waals surface area contributed by atoms with Crippen LogP contribution in [0.2, 0.25) is 0 Å². The second-order valence-corrected chi connectivity index (χ2v) is 7.52. The zero-order valence-electron chi connectivity index (χ0n) is 15.9. The summed E-state index contributed by atoms with van der Waals surface area (Å²) in [7, 11) is 0. The van der Waals surface area contributed by atoms with Crippen molar-refractivity contribution in [3.63, 3.8) is 0 Å². The van der Waals surface area contributed by atoms with Gasteiger partial charge in [-0.3, -0.25) is 0 Å². The fourth-order valence-corrected chi connectivity index (χ4v) is 3.69. The van der Waals surface area contributed by atoms with Gasteiger partial charge in [0.05, 0.1) is 35.3 Å². The molecule has 3 aromatic heterocycles. The van der Waals surface area contributed by atoms with Gasteiger partial charge in [-0.2, -0.15) is 5.10 Å². The lowest BCUT2D eigenvalue weighted by Gasteiger charge is -2.27. The van der Waals surface area contributed by atoms with Crippen molar-refractivity contribution in [2.75, 3.05) is 11.4 Å². The summed E-state index contributed by atoms with van der Waals surface area (Å²) in [6, 6.07) is 0. The molecule has 0 fully saturated rings. The third-order valence-corrected chi connectivity index (χ3v) is 4.98. The number of nitrogens with zero attached hydrogens (tertiary/aromatic N) is 6. The van der Waals surface area contributed by atoms with Crippen molar-refractivity contribution in [2.45, 2.75) is 59.5 Å². The second-order valence-electron chi connectivity index (χ2n) is 7.52. The summed E-state index contributed by atoms with van der Waals surface area (Å²) in [5.74, 6) is 1.55. The number of aromatic amines is 1. The summed E-state index contributed by atoms with van der Waals surface area (Å²) in [5.41, 5.74) is 4.45. The van der Waals surface area contributed by atoms with Gasteiger partial charge in [0.2, 0.25) is 0 Å². The standard InChI is InChI=1S/C19H27N7/c1-4-5-7-26-19-17(15(24-26)9-13(2)3)18(22-12-23-19)25-8-6-14-16(10-25)21-11-20-14/h11-13H,4-10H2,1-3H3,(H,20,21). The van der Waals surface area contributed by atoms with E-state index in [1.165, 1.54) is 11.4 Å². The number of hydrogen-bond acceptors (Lipinski definition) is 5. The van der Waals surface area contributed by atoms with Crippen molar-refractivity contribution in [3.05, 3.63) is 29.7 Å². The highest BCUT2D eigenvalue weighted by Gasteiger charge is 2.25. The van der Waals surface area contributed by atoms with Gasteiger partial charge in [0, 0.05) is 19.5 Å². The van der Waals surface area contributed by atoms with Gasteiger partial charge in [0.15, 0.2) is 5.65 Å². The van der Waals surface area contributed by atoms with Crippen LogP contribution in [0.4, 0.5) is 5.82 Å². The zero-order valence-corrected chi connectivity index (χ0v) is 15.9. The lowest BCUT2D eigenvalue weighted by molar-refractivity contribution is 0.562. The van der Waals surface area contributed by atoms with E-state index in [1.54, 1.807) is 12.7 Å². The zero-order chi connectivity index (χ0) is 18.1. The maximum atomic E-state index is 4.92. The van der Waals surface area contributed by atoms with Gasteiger partial charge in [-0.1, -0.05) is 27.2 Å². The van der Waals surface area contributed by atoms with Crippen LogP contribution in [0, 0.1) is 5.92 Å². The summed E-state index contributed by atoms with van der Waals surface area (Å²) in [6.07, 6.45) is 7.61. The van der Waals surface area contributed by atoms with Crippen molar-refractivity contribution in [1.29, 1.82) is 0 Å². The first-order chi connectivity index (χ1) is 12.7. The van der Waals surface area contributed by atoms with E-state index < -0.39 is 0 Å². The number of imidazole rings is 1. The SMILES string of the molecule is CCCCn1nc(CC(C)C)c2c(N3CCc4nc[nH]c4C3)ncnc21. The minimum atomic E-state index is 0.543. The second kappa shape index (κ2) is 7.05. The molecule has 0 radical (unpaired) electrons. The van der Waals surface area contributed by atoms with Gasteiger partial charge in [0.1, 0.15) is 12.1 Å². The molecule has 26 heavy (non-hydrogen) atoms. The molecular weight excluding hydrogens is 326 g/mol. The number of unbranched alkanes of at least 4 members (excludes halogenated alkanes) is 1. The van der Waals surface area contributed by atoms with Gasteiger partial charge in [-0.15, -0.1) is 0 Å². The summed E-state index contributed by atoms with van der Waals surface area (Å²) in [4.78, 5) is 19.3. The quantitative estimate of drug-likeness (QED) is 0.737. The molecule has 1 aliphatic heterocycles. The number of H-pyrrole nitrogens is 1. The Bertz CT molecular complexity index is 893. The minimum absolute atomic E-state index is 0.543. The Morgan fingerprint density at radius 3 is 2.92 bits per heavy atom. The average Bonchev–Trinajstić information content (AvgIpc) is 3.23. The molecule has 0 atom stereocenters. The molecule has 0 saturated heterocycles. The number of rotatable bonds is 6. The van der Waals surface area contributed by atoms with Crippen molar-refractivity contribution in [1.82, 2.24) is 29.7 Å². The molecule has 1 N–H and O–H groups in total. The molecular formula is C19H27N7. The topological polar surface area (TPSA) is 75.5 Å². The van der Waals surface area contributed by atoms with Crippen molar-refractivity contribution in [3.8, 4) is 0 Å². The van der Waals surface area contributed by atoms with Crippen LogP contribution in [0.25, 0.3) is 11.0 Å². The molecule has 138 valence electrons. The molecule has 0 spiro atoms. The monoisotopic (exact) mass is 353 g/mol. The van der Waals surface area contributed by atoms with Gasteiger partial charge in [-0.05, 0) is 18.8 Å². The Kier molecular flexibility index (Phi) is 4.61. The number of hydrogen-bond donors (Lipinski definition) is 1. The lowest BCUT2D eigenvalue weighted by Crippen LogP contribution is -2.31. The highest BCUT2D eigenvalue weighted by Crippen LogP contribution is 2.31. The van der Waals surface area contributed by atoms with E-state index >= 15 is 0 Å². The van der Waals surface area contributed by atoms with E-state index in [-0.39, 0.29) is 0 Å². The molecule has 0 amide bonds. The largest absolute Gasteiger partial charge is 0.350 e. The van der Waals surface area contributed by atoms with Crippen LogP contribution < -0.4 is 4.90 Å². The summed E-state index contributed by atoms with van der Waals surface area (Å²) >= 11 is 0. The number of nitrogens with one attached hydrogen (secondary N) is 1. The molecule has 7 nitrogen and oxygen atoms in total. The summed E-state index contributed by atoms with van der Waals surface area (Å²) in [6.45, 7) is 9.31. The van der Waals surface area contributed by atoms with E-state index in [1.807, 2.05) is 0 Å². The normalized spacial score (nSPS) is 14.4. The Labute approximate surface area is 153 Å². The van der Waals surface area contributed by atoms with Gasteiger partial charge >= 0.3 is 0 Å². The van der Waals surface area contributed by atoms with E-state index in [9.17, 15) is 0 Å². The Hall–Kier alpha value is -2.44. The van der Waals surface area contributed by atoms with E-state index in [4.69, 9.17) is 5.10 Å². The summed E-state index contributed by atoms with van der Waals surface area (Å²) < 4.78 is 2.08. The molecule has 0 unspecified atom stereocenters. The van der Waals surface area contributed by atoms with Gasteiger partial charge in [0.25, 0.3) is 0 Å². The van der Waals surface area contributed by atoms with Crippen molar-refractivity contribution >= 4 is 16.9 Å². The van der Waals surface area contributed by atoms with Crippen LogP contribution in [0.5, 0.6) is 0 Å². The Balaban J connectivity index is 1.78. The number of aromatic nitrogens is 6. The molecule has 0 aliphatic carbocycles. The van der Waals surface area contributed by atoms with E-state index in [0.29, 0.717) is 5.92 Å². The van der Waals surface area contributed by atoms with Crippen LogP contribution in [0.15, 0.2) is 12.7 Å². The smallest absolute Gasteiger partial charge is 0.163 e. The van der Waals surface area contributed by atoms with E-state index in [0.717, 1.165) is 67.9 Å². The molecule has 7 heteroatoms. The van der Waals surface area contributed by atoms with Crippen LogP contribution in [0.1, 0.15) is 50.7 Å². The number of aryl methyl sites for hydroxylation is 1. The van der Waals surface area contributed by atoms with Crippen LogP contribution >= 0.6 is 0 Å². The highest BCUT2D eigenvalue weighted by molar-refractivity contribution is 5.90. The molecule has 3 aromatic rings. The highest BCUT2D eigenvalue weighted by atomic mass is 15.3. The van der Waals surface area contributed by atoms with Crippen molar-refractivity contribution < 1.29 is 0 Å². The fourth-order valence-electron chi connectivity index (χ4n) is 3.69. The fraction of sp³-hybridized carbons (Fsp3) is 0.579. The molecule has 1 aliphatic rings. The predicted molar refractivity (Wildman–Crippen MR) is 102 cm³/mol. The Morgan fingerprint density at radius 1 is 1.23 bits per heavy atom. The number of fused-ring (bicyclic) bond motifs is 2. The summed E-state index contributed by atoms with van der Waals surface area (Å²) in [5, 5.41) is 6.05. The average molecular weight is 353 g/mol. The van der Waals surface area contributed by atoms with Gasteiger partial charge in [-0.25, -0.2) is 19.6 Å². The molecule has 0 aromatic carbocycles. The first-order valence-corrected chi connectivity index (χ1v) is 9.63. The molecule has 4 heterocycles. The number of anilines is 1. The molecule has 0 bridgehead atoms. The Morgan fingerprint density at radius 2 is 2.12 bits per heavy atom. The lowest BCUT2D eigenvalue weighted by atomic mass is 10.1. The van der Waals surface area contributed by atoms with Gasteiger partial charge < -0.3 is 9.88 Å². The third-order valence-electron chi connectivity index (χ3n) is 4.98. The van der Waals surface area contributed by atoms with E-state index in [2.05, 4.69) is 50.3 Å². The maximum absolute atomic E-state index is 4.92. The first-order valence-electron chi connectivity index (χ1n) is 9.63. The predicted octanol–water partition coefficient (Wildman–Crippen LogP) is 3.11. The third kappa shape index (κ3) is 3.06. The van der Waals surface area contributed by atoms with Crippen LogP contribution in [-0.2, 0) is 25.9 Å². The maximum Gasteiger partial charge on any atom is 0.163 e. The molecule has 0 saturated carbocycles. The minimum Gasteiger partial charge on any atom is -0.350 e. The van der Waals surface area contributed by atoms with Crippen LogP contribution in [-0.4, -0.2) is 36.3 Å². The van der Waals surface area contributed by atoms with Crippen LogP contribution in [0.3, 0.4) is 0 Å². The molecule has 4 rings (SSSR count). The van der Waals surface area contributed by atoms with Crippen molar-refractivity contribution in [2.24, 2.45) is 5.92 Å². The first kappa shape index (κ1) is 17.0.